The molecule has 0 aliphatic carbocycles. The van der Waals surface area contributed by atoms with Crippen molar-refractivity contribution in [2.75, 3.05) is 6.54 Å². The Kier molecular flexibility index (Phi) is 3.35. The maximum absolute atomic E-state index is 12.6. The Balaban J connectivity index is 1.76. The zero-order chi connectivity index (χ0) is 17.6. The lowest BCUT2D eigenvalue weighted by Crippen LogP contribution is -2.31. The Morgan fingerprint density at radius 2 is 1.60 bits per heavy atom. The number of phenolic OH excluding ortho intramolecular Hbond substituents is 2. The summed E-state index contributed by atoms with van der Waals surface area (Å²) in [5, 5.41) is 28.4. The van der Waals surface area contributed by atoms with Gasteiger partial charge in [0.05, 0.1) is 17.1 Å². The minimum atomic E-state index is -0.642. The fourth-order valence-corrected chi connectivity index (χ4v) is 3.05. The van der Waals surface area contributed by atoms with Gasteiger partial charge in [0.1, 0.15) is 16.8 Å². The van der Waals surface area contributed by atoms with Crippen LogP contribution in [0, 0.1) is 0 Å². The van der Waals surface area contributed by atoms with Gasteiger partial charge in [0.2, 0.25) is 0 Å². The van der Waals surface area contributed by atoms with E-state index >= 15 is 0 Å². The number of hydrogen-bond donors (Lipinski definition) is 2. The van der Waals surface area contributed by atoms with Gasteiger partial charge in [0.25, 0.3) is 11.8 Å². The number of carbonyl (C=O) groups excluding carboxylic acids is 2. The van der Waals surface area contributed by atoms with Crippen LogP contribution in [0.15, 0.2) is 42.6 Å². The van der Waals surface area contributed by atoms with Gasteiger partial charge in [-0.2, -0.15) is 5.10 Å². The second-order valence-corrected chi connectivity index (χ2v) is 5.74. The lowest BCUT2D eigenvalue weighted by molar-refractivity contribution is 0.0655. The molecule has 2 amide bonds. The molecule has 0 saturated heterocycles. The number of imide groups is 1. The number of amides is 2. The van der Waals surface area contributed by atoms with Crippen LogP contribution in [0.3, 0.4) is 0 Å². The first-order valence-corrected chi connectivity index (χ1v) is 7.69. The average Bonchev–Trinajstić information content (AvgIpc) is 2.90. The van der Waals surface area contributed by atoms with Gasteiger partial charge in [-0.3, -0.25) is 14.5 Å². The molecule has 0 unspecified atom stereocenters. The zero-order valence-electron chi connectivity index (χ0n) is 13.0. The molecular formula is C18H13N3O4. The van der Waals surface area contributed by atoms with Crippen molar-refractivity contribution in [3.05, 3.63) is 59.3 Å². The highest BCUT2D eigenvalue weighted by Crippen LogP contribution is 2.42. The van der Waals surface area contributed by atoms with E-state index < -0.39 is 17.6 Å². The van der Waals surface area contributed by atoms with E-state index in [9.17, 15) is 19.8 Å². The molecule has 25 heavy (non-hydrogen) atoms. The number of aromatic hydroxyl groups is 2. The molecule has 0 radical (unpaired) electrons. The van der Waals surface area contributed by atoms with E-state index in [1.165, 1.54) is 12.3 Å². The molecule has 3 aromatic rings. The summed E-state index contributed by atoms with van der Waals surface area (Å²) in [6.45, 7) is 0.150. The Labute approximate surface area is 142 Å². The lowest BCUT2D eigenvalue weighted by atomic mass is 10.0. The lowest BCUT2D eigenvalue weighted by Gasteiger charge is -2.13. The van der Waals surface area contributed by atoms with Crippen LogP contribution in [0.4, 0.5) is 0 Å². The Morgan fingerprint density at radius 1 is 0.920 bits per heavy atom. The van der Waals surface area contributed by atoms with Crippen LogP contribution in [-0.2, 0) is 6.42 Å². The SMILES string of the molecule is O=C1c2c(c(O)c3nnccc3c2O)C(=O)N1CCc1ccccc1. The van der Waals surface area contributed by atoms with Crippen LogP contribution >= 0.6 is 0 Å². The fraction of sp³-hybridized carbons (Fsp3) is 0.111. The Hall–Kier alpha value is -3.48. The summed E-state index contributed by atoms with van der Waals surface area (Å²) in [5.41, 5.74) is 0.563. The molecular weight excluding hydrogens is 322 g/mol. The Morgan fingerprint density at radius 3 is 2.32 bits per heavy atom. The summed E-state index contributed by atoms with van der Waals surface area (Å²) in [5.74, 6) is -2.06. The van der Waals surface area contributed by atoms with Crippen LogP contribution in [0.5, 0.6) is 11.5 Å². The van der Waals surface area contributed by atoms with Gasteiger partial charge in [-0.05, 0) is 18.1 Å². The van der Waals surface area contributed by atoms with E-state index in [0.29, 0.717) is 6.42 Å². The number of hydrogen-bond acceptors (Lipinski definition) is 6. The molecule has 0 bridgehead atoms. The maximum atomic E-state index is 12.6. The van der Waals surface area contributed by atoms with Gasteiger partial charge in [0.15, 0.2) is 5.75 Å². The fourth-order valence-electron chi connectivity index (χ4n) is 3.05. The predicted molar refractivity (Wildman–Crippen MR) is 88.4 cm³/mol. The van der Waals surface area contributed by atoms with Crippen molar-refractivity contribution in [1.82, 2.24) is 15.1 Å². The molecule has 2 N–H and O–H groups in total. The molecule has 7 nitrogen and oxygen atoms in total. The van der Waals surface area contributed by atoms with Crippen LogP contribution in [0.2, 0.25) is 0 Å². The van der Waals surface area contributed by atoms with Crippen LogP contribution < -0.4 is 0 Å². The maximum Gasteiger partial charge on any atom is 0.265 e. The summed E-state index contributed by atoms with van der Waals surface area (Å²) in [6.07, 6.45) is 1.81. The molecule has 124 valence electrons. The van der Waals surface area contributed by atoms with Crippen molar-refractivity contribution in [3.63, 3.8) is 0 Å². The van der Waals surface area contributed by atoms with Crippen LogP contribution in [0.25, 0.3) is 10.9 Å². The summed E-state index contributed by atoms with van der Waals surface area (Å²) >= 11 is 0. The first kappa shape index (κ1) is 15.1. The number of carbonyl (C=O) groups is 2. The number of phenols is 2. The zero-order valence-corrected chi connectivity index (χ0v) is 13.0. The minimum Gasteiger partial charge on any atom is -0.506 e. The number of rotatable bonds is 3. The van der Waals surface area contributed by atoms with E-state index in [2.05, 4.69) is 10.2 Å². The van der Waals surface area contributed by atoms with E-state index in [0.717, 1.165) is 10.5 Å². The van der Waals surface area contributed by atoms with Gasteiger partial charge < -0.3 is 10.2 Å². The van der Waals surface area contributed by atoms with Crippen molar-refractivity contribution < 1.29 is 19.8 Å². The van der Waals surface area contributed by atoms with E-state index in [-0.39, 0.29) is 34.3 Å². The summed E-state index contributed by atoms with van der Waals surface area (Å²) < 4.78 is 0. The average molecular weight is 335 g/mol. The molecule has 0 fully saturated rings. The quantitative estimate of drug-likeness (QED) is 0.559. The summed E-state index contributed by atoms with van der Waals surface area (Å²) in [7, 11) is 0. The molecule has 2 heterocycles. The van der Waals surface area contributed by atoms with Crippen molar-refractivity contribution >= 4 is 22.7 Å². The second-order valence-electron chi connectivity index (χ2n) is 5.74. The summed E-state index contributed by atoms with van der Waals surface area (Å²) in [4.78, 5) is 26.3. The standard InChI is InChI=1S/C18H13N3O4/c22-15-11-6-8-19-20-14(11)16(23)13-12(15)17(24)21(18(13)25)9-7-10-4-2-1-3-5-10/h1-6,8,22-23H,7,9H2. The summed E-state index contributed by atoms with van der Waals surface area (Å²) in [6, 6.07) is 10.9. The molecule has 1 aromatic heterocycles. The molecule has 0 saturated carbocycles. The highest BCUT2D eigenvalue weighted by molar-refractivity contribution is 6.26. The van der Waals surface area contributed by atoms with Gasteiger partial charge in [-0.25, -0.2) is 0 Å². The number of aromatic nitrogens is 2. The molecule has 1 aliphatic rings. The Bertz CT molecular complexity index is 957. The van der Waals surface area contributed by atoms with Crippen molar-refractivity contribution in [2.24, 2.45) is 0 Å². The highest BCUT2D eigenvalue weighted by Gasteiger charge is 2.41. The van der Waals surface area contributed by atoms with E-state index in [4.69, 9.17) is 0 Å². The highest BCUT2D eigenvalue weighted by atomic mass is 16.3. The molecule has 4 rings (SSSR count). The van der Waals surface area contributed by atoms with Crippen LogP contribution in [-0.4, -0.2) is 43.7 Å². The van der Waals surface area contributed by atoms with Gasteiger partial charge in [-0.1, -0.05) is 30.3 Å². The van der Waals surface area contributed by atoms with Gasteiger partial charge >= 0.3 is 0 Å². The molecule has 7 heteroatoms. The van der Waals surface area contributed by atoms with Gasteiger partial charge in [0, 0.05) is 6.54 Å². The van der Waals surface area contributed by atoms with Crippen molar-refractivity contribution in [3.8, 4) is 11.5 Å². The molecule has 0 atom stereocenters. The van der Waals surface area contributed by atoms with Gasteiger partial charge in [-0.15, -0.1) is 5.10 Å². The third kappa shape index (κ3) is 2.20. The van der Waals surface area contributed by atoms with Crippen LogP contribution in [0.1, 0.15) is 26.3 Å². The molecule has 0 spiro atoms. The first-order chi connectivity index (χ1) is 12.1. The molecule has 2 aromatic carbocycles. The van der Waals surface area contributed by atoms with E-state index in [1.54, 1.807) is 0 Å². The molecule has 1 aliphatic heterocycles. The third-order valence-corrected chi connectivity index (χ3v) is 4.31. The number of benzene rings is 2. The van der Waals surface area contributed by atoms with Crippen molar-refractivity contribution in [1.29, 1.82) is 0 Å². The topological polar surface area (TPSA) is 104 Å². The monoisotopic (exact) mass is 335 g/mol. The number of nitrogens with zero attached hydrogens (tertiary/aromatic N) is 3. The number of fused-ring (bicyclic) bond motifs is 2. The van der Waals surface area contributed by atoms with E-state index in [1.807, 2.05) is 30.3 Å². The largest absolute Gasteiger partial charge is 0.506 e. The van der Waals surface area contributed by atoms with Crippen molar-refractivity contribution in [2.45, 2.75) is 6.42 Å². The smallest absolute Gasteiger partial charge is 0.265 e. The minimum absolute atomic E-state index is 0.00944. The normalized spacial score (nSPS) is 13.5. The first-order valence-electron chi connectivity index (χ1n) is 7.69. The predicted octanol–water partition coefficient (Wildman–Crippen LogP) is 1.88. The second kappa shape index (κ2) is 5.55. The third-order valence-electron chi connectivity index (χ3n) is 4.31.